The second-order valence-electron chi connectivity index (χ2n) is 4.31. The van der Waals surface area contributed by atoms with E-state index in [1.807, 2.05) is 6.92 Å². The van der Waals surface area contributed by atoms with Gasteiger partial charge >= 0.3 is 6.36 Å². The number of hydrogen-bond donors (Lipinski definition) is 2. The van der Waals surface area contributed by atoms with Gasteiger partial charge in [0.25, 0.3) is 0 Å². The van der Waals surface area contributed by atoms with Crippen molar-refractivity contribution in [2.75, 3.05) is 6.54 Å². The van der Waals surface area contributed by atoms with Crippen LogP contribution >= 0.6 is 0 Å². The maximum Gasteiger partial charge on any atom is 0.573 e. The maximum atomic E-state index is 12.3. The molecule has 0 saturated carbocycles. The van der Waals surface area contributed by atoms with Gasteiger partial charge in [0.2, 0.25) is 0 Å². The third-order valence-corrected chi connectivity index (χ3v) is 2.87. The SMILES string of the molecule is CCCC(CN)C(O)c1ccccc1OC(F)(F)F. The van der Waals surface area contributed by atoms with E-state index in [1.165, 1.54) is 18.2 Å². The minimum absolute atomic E-state index is 0.115. The molecule has 19 heavy (non-hydrogen) atoms. The second kappa shape index (κ2) is 6.77. The number of halogens is 3. The molecule has 1 aromatic rings. The zero-order chi connectivity index (χ0) is 14.5. The first kappa shape index (κ1) is 15.8. The van der Waals surface area contributed by atoms with Crippen LogP contribution in [0.4, 0.5) is 13.2 Å². The van der Waals surface area contributed by atoms with E-state index in [1.54, 1.807) is 6.07 Å². The molecule has 1 aromatic carbocycles. The number of benzene rings is 1. The minimum atomic E-state index is -4.78. The molecule has 0 radical (unpaired) electrons. The van der Waals surface area contributed by atoms with E-state index in [-0.39, 0.29) is 23.8 Å². The monoisotopic (exact) mass is 277 g/mol. The highest BCUT2D eigenvalue weighted by atomic mass is 19.4. The predicted octanol–water partition coefficient (Wildman–Crippen LogP) is 2.99. The van der Waals surface area contributed by atoms with E-state index in [0.717, 1.165) is 6.42 Å². The summed E-state index contributed by atoms with van der Waals surface area (Å²) in [6.45, 7) is 2.13. The first-order valence-corrected chi connectivity index (χ1v) is 6.11. The lowest BCUT2D eigenvalue weighted by atomic mass is 9.91. The van der Waals surface area contributed by atoms with E-state index in [9.17, 15) is 18.3 Å². The Morgan fingerprint density at radius 2 is 1.95 bits per heavy atom. The Morgan fingerprint density at radius 3 is 2.47 bits per heavy atom. The van der Waals surface area contributed by atoms with Crippen molar-refractivity contribution in [3.8, 4) is 5.75 Å². The van der Waals surface area contributed by atoms with Gasteiger partial charge in [0.15, 0.2) is 0 Å². The highest BCUT2D eigenvalue weighted by Crippen LogP contribution is 2.34. The smallest absolute Gasteiger partial charge is 0.405 e. The number of aliphatic hydroxyl groups excluding tert-OH is 1. The molecule has 108 valence electrons. The van der Waals surface area contributed by atoms with Crippen molar-refractivity contribution >= 4 is 0 Å². The molecule has 0 bridgehead atoms. The third-order valence-electron chi connectivity index (χ3n) is 2.87. The molecule has 0 fully saturated rings. The van der Waals surface area contributed by atoms with Crippen LogP contribution in [0.15, 0.2) is 24.3 Å². The minimum Gasteiger partial charge on any atom is -0.405 e. The largest absolute Gasteiger partial charge is 0.573 e. The molecule has 0 aliphatic carbocycles. The van der Waals surface area contributed by atoms with Crippen molar-refractivity contribution < 1.29 is 23.0 Å². The lowest BCUT2D eigenvalue weighted by molar-refractivity contribution is -0.275. The zero-order valence-corrected chi connectivity index (χ0v) is 10.7. The molecule has 3 N–H and O–H groups in total. The molecule has 0 heterocycles. The highest BCUT2D eigenvalue weighted by Gasteiger charge is 2.33. The summed E-state index contributed by atoms with van der Waals surface area (Å²) >= 11 is 0. The molecule has 0 saturated heterocycles. The average Bonchev–Trinajstić information content (AvgIpc) is 2.34. The molecule has 0 aliphatic rings. The molecule has 0 aliphatic heterocycles. The fourth-order valence-corrected chi connectivity index (χ4v) is 1.97. The van der Waals surface area contributed by atoms with Gasteiger partial charge in [-0.05, 0) is 19.0 Å². The fraction of sp³-hybridized carbons (Fsp3) is 0.538. The highest BCUT2D eigenvalue weighted by molar-refractivity contribution is 5.35. The molecule has 0 spiro atoms. The Morgan fingerprint density at radius 1 is 1.32 bits per heavy atom. The van der Waals surface area contributed by atoms with Crippen molar-refractivity contribution in [2.45, 2.75) is 32.2 Å². The van der Waals surface area contributed by atoms with E-state index in [4.69, 9.17) is 5.73 Å². The van der Waals surface area contributed by atoms with E-state index in [2.05, 4.69) is 4.74 Å². The molecule has 2 atom stereocenters. The molecule has 3 nitrogen and oxygen atoms in total. The third kappa shape index (κ3) is 4.72. The first-order valence-electron chi connectivity index (χ1n) is 6.11. The van der Waals surface area contributed by atoms with Crippen LogP contribution in [0.3, 0.4) is 0 Å². The number of alkyl halides is 3. The summed E-state index contributed by atoms with van der Waals surface area (Å²) in [5.41, 5.74) is 5.67. The van der Waals surface area contributed by atoms with Crippen LogP contribution in [0.5, 0.6) is 5.75 Å². The van der Waals surface area contributed by atoms with E-state index in [0.29, 0.717) is 6.42 Å². The van der Waals surface area contributed by atoms with Crippen molar-refractivity contribution in [1.29, 1.82) is 0 Å². The summed E-state index contributed by atoms with van der Waals surface area (Å²) in [4.78, 5) is 0. The molecular weight excluding hydrogens is 259 g/mol. The van der Waals surface area contributed by atoms with Crippen LogP contribution in [-0.2, 0) is 0 Å². The number of nitrogens with two attached hydrogens (primary N) is 1. The standard InChI is InChI=1S/C13H18F3NO2/c1-2-5-9(8-17)12(18)10-6-3-4-7-11(10)19-13(14,15)16/h3-4,6-7,9,12,18H,2,5,8,17H2,1H3. The van der Waals surface area contributed by atoms with Crippen molar-refractivity contribution in [1.82, 2.24) is 0 Å². The van der Waals surface area contributed by atoms with Gasteiger partial charge < -0.3 is 15.6 Å². The van der Waals surface area contributed by atoms with Gasteiger partial charge in [0.05, 0.1) is 6.10 Å². The van der Waals surface area contributed by atoms with Crippen LogP contribution < -0.4 is 10.5 Å². The fourth-order valence-electron chi connectivity index (χ4n) is 1.97. The lowest BCUT2D eigenvalue weighted by Crippen LogP contribution is -2.24. The Bertz CT molecular complexity index is 396. The van der Waals surface area contributed by atoms with Gasteiger partial charge in [0, 0.05) is 11.5 Å². The van der Waals surface area contributed by atoms with Gasteiger partial charge in [-0.2, -0.15) is 0 Å². The zero-order valence-electron chi connectivity index (χ0n) is 10.7. The molecule has 6 heteroatoms. The topological polar surface area (TPSA) is 55.5 Å². The summed E-state index contributed by atoms with van der Waals surface area (Å²) < 4.78 is 40.8. The summed E-state index contributed by atoms with van der Waals surface area (Å²) in [6, 6.07) is 5.59. The van der Waals surface area contributed by atoms with Crippen LogP contribution in [-0.4, -0.2) is 18.0 Å². The Labute approximate surface area is 110 Å². The van der Waals surface area contributed by atoms with Crippen LogP contribution in [0, 0.1) is 5.92 Å². The van der Waals surface area contributed by atoms with E-state index < -0.39 is 12.5 Å². The summed E-state index contributed by atoms with van der Waals surface area (Å²) in [6.07, 6.45) is -4.42. The summed E-state index contributed by atoms with van der Waals surface area (Å²) in [7, 11) is 0. The Kier molecular flexibility index (Phi) is 5.62. The summed E-state index contributed by atoms with van der Waals surface area (Å²) in [5, 5.41) is 10.2. The van der Waals surface area contributed by atoms with Crippen molar-refractivity contribution in [2.24, 2.45) is 11.7 Å². The molecule has 1 rings (SSSR count). The molecular formula is C13H18F3NO2. The predicted molar refractivity (Wildman–Crippen MR) is 65.5 cm³/mol. The number of aliphatic hydroxyl groups is 1. The lowest BCUT2D eigenvalue weighted by Gasteiger charge is -2.23. The number of rotatable bonds is 6. The Balaban J connectivity index is 2.98. The van der Waals surface area contributed by atoms with Gasteiger partial charge in [-0.15, -0.1) is 13.2 Å². The van der Waals surface area contributed by atoms with Gasteiger partial charge in [-0.25, -0.2) is 0 Å². The maximum absolute atomic E-state index is 12.3. The van der Waals surface area contributed by atoms with Gasteiger partial charge in [-0.3, -0.25) is 0 Å². The quantitative estimate of drug-likeness (QED) is 0.840. The number of para-hydroxylation sites is 1. The first-order chi connectivity index (χ1) is 8.89. The summed E-state index contributed by atoms with van der Waals surface area (Å²) in [5.74, 6) is -0.667. The second-order valence-corrected chi connectivity index (χ2v) is 4.31. The van der Waals surface area contributed by atoms with Crippen molar-refractivity contribution in [3.63, 3.8) is 0 Å². The van der Waals surface area contributed by atoms with Crippen LogP contribution in [0.1, 0.15) is 31.4 Å². The molecule has 0 aromatic heterocycles. The molecule has 0 amide bonds. The molecule has 2 unspecified atom stereocenters. The van der Waals surface area contributed by atoms with Crippen molar-refractivity contribution in [3.05, 3.63) is 29.8 Å². The van der Waals surface area contributed by atoms with Gasteiger partial charge in [0.1, 0.15) is 5.75 Å². The number of ether oxygens (including phenoxy) is 1. The number of hydrogen-bond acceptors (Lipinski definition) is 3. The Hall–Kier alpha value is -1.27. The van der Waals surface area contributed by atoms with Crippen LogP contribution in [0.25, 0.3) is 0 Å². The normalized spacial score (nSPS) is 15.1. The van der Waals surface area contributed by atoms with E-state index >= 15 is 0 Å². The average molecular weight is 277 g/mol. The van der Waals surface area contributed by atoms with Gasteiger partial charge in [-0.1, -0.05) is 31.5 Å². The van der Waals surface area contributed by atoms with Crippen LogP contribution in [0.2, 0.25) is 0 Å².